The fourth-order valence-electron chi connectivity index (χ4n) is 1.43. The zero-order chi connectivity index (χ0) is 13.8. The van der Waals surface area contributed by atoms with Gasteiger partial charge in [-0.25, -0.2) is 0 Å². The summed E-state index contributed by atoms with van der Waals surface area (Å²) in [6, 6.07) is 5.60. The summed E-state index contributed by atoms with van der Waals surface area (Å²) in [6.07, 6.45) is 0. The highest BCUT2D eigenvalue weighted by Crippen LogP contribution is 2.30. The van der Waals surface area contributed by atoms with Crippen LogP contribution >= 0.6 is 0 Å². The number of benzene rings is 1. The normalized spacial score (nSPS) is 14.2. The lowest BCUT2D eigenvalue weighted by molar-refractivity contribution is 0.0266. The molecule has 0 radical (unpaired) electrons. The molecule has 0 aliphatic heterocycles. The maximum Gasteiger partial charge on any atom is 0.162 e. The van der Waals surface area contributed by atoms with E-state index < -0.39 is 5.60 Å². The van der Waals surface area contributed by atoms with Gasteiger partial charge in [0.2, 0.25) is 0 Å². The van der Waals surface area contributed by atoms with Crippen molar-refractivity contribution in [2.75, 3.05) is 26.1 Å². The first-order valence-corrected chi connectivity index (χ1v) is 6.09. The number of methoxy groups -OCH3 is 2. The van der Waals surface area contributed by atoms with Gasteiger partial charge in [0.05, 0.1) is 19.8 Å². The lowest BCUT2D eigenvalue weighted by Crippen LogP contribution is -2.38. The van der Waals surface area contributed by atoms with Crippen LogP contribution in [0.4, 0.5) is 5.69 Å². The molecule has 2 N–H and O–H groups in total. The quantitative estimate of drug-likeness (QED) is 0.818. The van der Waals surface area contributed by atoms with Crippen molar-refractivity contribution in [2.45, 2.75) is 26.4 Å². The molecule has 1 aromatic rings. The number of anilines is 1. The molecule has 1 atom stereocenters. The minimum absolute atomic E-state index is 0.185. The summed E-state index contributed by atoms with van der Waals surface area (Å²) in [5.41, 5.74) is 0.154. The van der Waals surface area contributed by atoms with E-state index in [1.54, 1.807) is 14.2 Å². The van der Waals surface area contributed by atoms with Gasteiger partial charge in [0.25, 0.3) is 0 Å². The molecule has 1 unspecified atom stereocenters. The molecular formula is C14H23NO3. The van der Waals surface area contributed by atoms with Gasteiger partial charge in [0.15, 0.2) is 11.5 Å². The third-order valence-corrected chi connectivity index (χ3v) is 3.28. The minimum Gasteiger partial charge on any atom is -0.493 e. The number of ether oxygens (including phenoxy) is 2. The molecule has 0 saturated heterocycles. The lowest BCUT2D eigenvalue weighted by atomic mass is 9.92. The van der Waals surface area contributed by atoms with Crippen LogP contribution in [0.3, 0.4) is 0 Å². The van der Waals surface area contributed by atoms with Crippen molar-refractivity contribution >= 4 is 5.69 Å². The molecule has 0 heterocycles. The van der Waals surface area contributed by atoms with Crippen molar-refractivity contribution in [3.8, 4) is 11.5 Å². The van der Waals surface area contributed by atoms with E-state index in [1.807, 2.05) is 39.0 Å². The van der Waals surface area contributed by atoms with E-state index in [0.717, 1.165) is 5.69 Å². The van der Waals surface area contributed by atoms with Crippen LogP contribution in [0.5, 0.6) is 11.5 Å². The van der Waals surface area contributed by atoms with Crippen LogP contribution in [0.1, 0.15) is 20.8 Å². The van der Waals surface area contributed by atoms with Gasteiger partial charge >= 0.3 is 0 Å². The molecule has 1 rings (SSSR count). The van der Waals surface area contributed by atoms with E-state index in [1.165, 1.54) is 0 Å². The first-order chi connectivity index (χ1) is 8.40. The van der Waals surface area contributed by atoms with Gasteiger partial charge in [-0.15, -0.1) is 0 Å². The average molecular weight is 253 g/mol. The molecule has 0 aromatic heterocycles. The molecule has 0 aliphatic carbocycles. The highest BCUT2D eigenvalue weighted by atomic mass is 16.5. The Labute approximate surface area is 109 Å². The molecule has 0 aliphatic rings. The molecule has 4 heteroatoms. The van der Waals surface area contributed by atoms with Gasteiger partial charge in [-0.05, 0) is 25.0 Å². The molecule has 0 fully saturated rings. The summed E-state index contributed by atoms with van der Waals surface area (Å²) in [5.74, 6) is 1.55. The molecular weight excluding hydrogens is 230 g/mol. The Morgan fingerprint density at radius 2 is 1.83 bits per heavy atom. The SMILES string of the molecule is COc1ccc(NCC(C)(O)C(C)C)cc1OC. The van der Waals surface area contributed by atoms with E-state index in [0.29, 0.717) is 18.0 Å². The highest BCUT2D eigenvalue weighted by Gasteiger charge is 2.24. The summed E-state index contributed by atoms with van der Waals surface area (Å²) in [4.78, 5) is 0. The van der Waals surface area contributed by atoms with Crippen molar-refractivity contribution < 1.29 is 14.6 Å². The second-order valence-electron chi connectivity index (χ2n) is 4.94. The summed E-state index contributed by atoms with van der Waals surface area (Å²) in [7, 11) is 3.21. The van der Waals surface area contributed by atoms with E-state index in [9.17, 15) is 5.11 Å². The Morgan fingerprint density at radius 3 is 2.33 bits per heavy atom. The molecule has 0 amide bonds. The van der Waals surface area contributed by atoms with Crippen molar-refractivity contribution in [3.05, 3.63) is 18.2 Å². The van der Waals surface area contributed by atoms with Crippen molar-refractivity contribution in [3.63, 3.8) is 0 Å². The Balaban J connectivity index is 2.74. The predicted molar refractivity (Wildman–Crippen MR) is 73.5 cm³/mol. The standard InChI is InChI=1S/C14H23NO3/c1-10(2)14(3,16)9-15-11-6-7-12(17-4)13(8-11)18-5/h6-8,10,15-16H,9H2,1-5H3. The first kappa shape index (κ1) is 14.6. The molecule has 4 nitrogen and oxygen atoms in total. The smallest absolute Gasteiger partial charge is 0.162 e. The Kier molecular flexibility index (Phi) is 4.84. The van der Waals surface area contributed by atoms with E-state index >= 15 is 0 Å². The highest BCUT2D eigenvalue weighted by molar-refractivity contribution is 5.54. The topological polar surface area (TPSA) is 50.7 Å². The Bertz CT molecular complexity index is 389. The molecule has 102 valence electrons. The van der Waals surface area contributed by atoms with Crippen LogP contribution in [0, 0.1) is 5.92 Å². The van der Waals surface area contributed by atoms with Crippen molar-refractivity contribution in [1.82, 2.24) is 0 Å². The van der Waals surface area contributed by atoms with Crippen LogP contribution in [0.15, 0.2) is 18.2 Å². The molecule has 0 bridgehead atoms. The minimum atomic E-state index is -0.743. The van der Waals surface area contributed by atoms with Crippen molar-refractivity contribution in [1.29, 1.82) is 0 Å². The Morgan fingerprint density at radius 1 is 1.22 bits per heavy atom. The monoisotopic (exact) mass is 253 g/mol. The average Bonchev–Trinajstić information content (AvgIpc) is 2.35. The van der Waals surface area contributed by atoms with Crippen molar-refractivity contribution in [2.24, 2.45) is 5.92 Å². The first-order valence-electron chi connectivity index (χ1n) is 6.09. The second-order valence-corrected chi connectivity index (χ2v) is 4.94. The van der Waals surface area contributed by atoms with E-state index in [4.69, 9.17) is 9.47 Å². The van der Waals surface area contributed by atoms with Crippen LogP contribution in [-0.2, 0) is 0 Å². The number of hydrogen-bond acceptors (Lipinski definition) is 4. The molecule has 1 aromatic carbocycles. The van der Waals surface area contributed by atoms with Gasteiger partial charge in [0.1, 0.15) is 0 Å². The van der Waals surface area contributed by atoms with Crippen LogP contribution in [0.25, 0.3) is 0 Å². The van der Waals surface area contributed by atoms with Crippen LogP contribution < -0.4 is 14.8 Å². The maximum absolute atomic E-state index is 10.2. The second kappa shape index (κ2) is 5.96. The largest absolute Gasteiger partial charge is 0.493 e. The lowest BCUT2D eigenvalue weighted by Gasteiger charge is -2.28. The Hall–Kier alpha value is -1.42. The number of aliphatic hydroxyl groups is 1. The van der Waals surface area contributed by atoms with Gasteiger partial charge in [-0.2, -0.15) is 0 Å². The molecule has 18 heavy (non-hydrogen) atoms. The predicted octanol–water partition coefficient (Wildman–Crippen LogP) is 2.52. The third kappa shape index (κ3) is 3.53. The zero-order valence-corrected chi connectivity index (χ0v) is 11.8. The van der Waals surface area contributed by atoms with E-state index in [2.05, 4.69) is 5.32 Å². The number of hydrogen-bond donors (Lipinski definition) is 2. The van der Waals surface area contributed by atoms with Gasteiger partial charge in [-0.1, -0.05) is 13.8 Å². The fourth-order valence-corrected chi connectivity index (χ4v) is 1.43. The van der Waals surface area contributed by atoms with Gasteiger partial charge < -0.3 is 19.9 Å². The molecule has 0 saturated carbocycles. The number of rotatable bonds is 6. The summed E-state index contributed by atoms with van der Waals surface area (Å²) >= 11 is 0. The summed E-state index contributed by atoms with van der Waals surface area (Å²) in [5, 5.41) is 13.4. The molecule has 0 spiro atoms. The van der Waals surface area contributed by atoms with Gasteiger partial charge in [0, 0.05) is 18.3 Å². The zero-order valence-electron chi connectivity index (χ0n) is 11.8. The summed E-state index contributed by atoms with van der Waals surface area (Å²) in [6.45, 7) is 6.30. The summed E-state index contributed by atoms with van der Waals surface area (Å²) < 4.78 is 10.4. The number of nitrogens with one attached hydrogen (secondary N) is 1. The van der Waals surface area contributed by atoms with Crippen LogP contribution in [0.2, 0.25) is 0 Å². The van der Waals surface area contributed by atoms with Gasteiger partial charge in [-0.3, -0.25) is 0 Å². The van der Waals surface area contributed by atoms with E-state index in [-0.39, 0.29) is 5.92 Å². The maximum atomic E-state index is 10.2. The van der Waals surface area contributed by atoms with Crippen LogP contribution in [-0.4, -0.2) is 31.5 Å². The third-order valence-electron chi connectivity index (χ3n) is 3.28. The fraction of sp³-hybridized carbons (Fsp3) is 0.571.